The summed E-state index contributed by atoms with van der Waals surface area (Å²) < 4.78 is 1.44. The smallest absolute Gasteiger partial charge is 0.259 e. The number of aromatic nitrogens is 3. The van der Waals surface area contributed by atoms with Crippen molar-refractivity contribution in [2.24, 2.45) is 5.92 Å². The number of amides is 2. The van der Waals surface area contributed by atoms with Crippen LogP contribution in [0.1, 0.15) is 53.0 Å². The van der Waals surface area contributed by atoms with Crippen LogP contribution in [0.4, 0.5) is 5.82 Å². The molecule has 0 radical (unpaired) electrons. The Balaban J connectivity index is 1.52. The number of nitrogens with zero attached hydrogens (tertiary/aromatic N) is 4. The Kier molecular flexibility index (Phi) is 5.25. The van der Waals surface area contributed by atoms with E-state index in [1.165, 1.54) is 4.52 Å². The van der Waals surface area contributed by atoms with E-state index in [4.69, 9.17) is 17.3 Å². The van der Waals surface area contributed by atoms with Crippen LogP contribution in [0.15, 0.2) is 24.4 Å². The molecule has 2 amide bonds. The summed E-state index contributed by atoms with van der Waals surface area (Å²) in [6.07, 6.45) is 3.99. The topological polar surface area (TPSA) is 126 Å². The highest BCUT2D eigenvalue weighted by molar-refractivity contribution is 6.34. The first kappa shape index (κ1) is 21.7. The second-order valence-corrected chi connectivity index (χ2v) is 9.31. The first-order chi connectivity index (χ1) is 15.8. The molecule has 0 spiro atoms. The van der Waals surface area contributed by atoms with Gasteiger partial charge in [0.1, 0.15) is 5.56 Å². The third-order valence-electron chi connectivity index (χ3n) is 6.47. The normalized spacial score (nSPS) is 17.3. The largest absolute Gasteiger partial charge is 0.394 e. The van der Waals surface area contributed by atoms with Crippen molar-refractivity contribution in [3.05, 3.63) is 46.1 Å². The zero-order valence-corrected chi connectivity index (χ0v) is 19.1. The van der Waals surface area contributed by atoms with Crippen molar-refractivity contribution < 1.29 is 14.7 Å². The van der Waals surface area contributed by atoms with Crippen molar-refractivity contribution in [2.75, 3.05) is 12.3 Å². The average molecular weight is 469 g/mol. The molecule has 0 bridgehead atoms. The molecule has 172 valence electrons. The Bertz CT molecular complexity index is 1280. The van der Waals surface area contributed by atoms with Crippen molar-refractivity contribution in [2.45, 2.75) is 45.3 Å². The fourth-order valence-electron chi connectivity index (χ4n) is 4.40. The van der Waals surface area contributed by atoms with Gasteiger partial charge in [0.15, 0.2) is 11.5 Å². The zero-order chi connectivity index (χ0) is 23.4. The summed E-state index contributed by atoms with van der Waals surface area (Å²) in [6, 6.07) is 5.18. The number of carbonyl (C=O) groups excluding carboxylic acids is 2. The summed E-state index contributed by atoms with van der Waals surface area (Å²) >= 11 is 6.56. The van der Waals surface area contributed by atoms with Gasteiger partial charge in [-0.1, -0.05) is 11.6 Å². The van der Waals surface area contributed by atoms with Crippen LogP contribution in [0.3, 0.4) is 0 Å². The molecule has 3 heterocycles. The molecule has 1 aromatic carbocycles. The lowest BCUT2D eigenvalue weighted by Gasteiger charge is -2.23. The van der Waals surface area contributed by atoms with Crippen LogP contribution in [0.2, 0.25) is 5.02 Å². The lowest BCUT2D eigenvalue weighted by atomic mass is 10.0. The number of hydrogen-bond acceptors (Lipinski definition) is 6. The van der Waals surface area contributed by atoms with Crippen LogP contribution in [0.5, 0.6) is 0 Å². The summed E-state index contributed by atoms with van der Waals surface area (Å²) in [6.45, 7) is 4.10. The fourth-order valence-corrected chi connectivity index (χ4v) is 4.72. The van der Waals surface area contributed by atoms with Gasteiger partial charge in [-0.15, -0.1) is 5.10 Å². The van der Waals surface area contributed by atoms with Gasteiger partial charge in [-0.2, -0.15) is 0 Å². The zero-order valence-electron chi connectivity index (χ0n) is 18.4. The highest BCUT2D eigenvalue weighted by Crippen LogP contribution is 2.40. The van der Waals surface area contributed by atoms with E-state index in [-0.39, 0.29) is 29.9 Å². The molecule has 2 aliphatic rings. The van der Waals surface area contributed by atoms with Crippen molar-refractivity contribution in [1.29, 1.82) is 0 Å². The van der Waals surface area contributed by atoms with Gasteiger partial charge in [0.05, 0.1) is 22.9 Å². The highest BCUT2D eigenvalue weighted by atomic mass is 35.5. The summed E-state index contributed by atoms with van der Waals surface area (Å²) in [5, 5.41) is 16.5. The molecule has 10 heteroatoms. The number of carbonyl (C=O) groups is 2. The number of benzene rings is 1. The third kappa shape index (κ3) is 3.71. The van der Waals surface area contributed by atoms with Crippen LogP contribution >= 0.6 is 11.6 Å². The number of nitrogen functional groups attached to an aromatic ring is 1. The van der Waals surface area contributed by atoms with Crippen LogP contribution in [-0.4, -0.2) is 55.1 Å². The minimum absolute atomic E-state index is 0.0233. The Morgan fingerprint density at radius 1 is 1.36 bits per heavy atom. The Hall–Kier alpha value is -3.17. The molecule has 3 aromatic rings. The van der Waals surface area contributed by atoms with Gasteiger partial charge in [0.2, 0.25) is 0 Å². The second kappa shape index (κ2) is 8.00. The molecular weight excluding hydrogens is 444 g/mol. The van der Waals surface area contributed by atoms with Gasteiger partial charge in [-0.25, -0.2) is 9.50 Å². The second-order valence-electron chi connectivity index (χ2n) is 8.90. The minimum Gasteiger partial charge on any atom is -0.394 e. The van der Waals surface area contributed by atoms with E-state index in [2.05, 4.69) is 22.3 Å². The van der Waals surface area contributed by atoms with Gasteiger partial charge in [0, 0.05) is 30.4 Å². The minimum atomic E-state index is -0.462. The molecule has 1 aliphatic carbocycles. The molecule has 2 atom stereocenters. The summed E-state index contributed by atoms with van der Waals surface area (Å²) in [5.41, 5.74) is 9.18. The van der Waals surface area contributed by atoms with E-state index in [0.29, 0.717) is 34.4 Å². The quantitative estimate of drug-likeness (QED) is 0.510. The van der Waals surface area contributed by atoms with Crippen molar-refractivity contribution >= 4 is 34.9 Å². The highest BCUT2D eigenvalue weighted by Gasteiger charge is 2.39. The van der Waals surface area contributed by atoms with Crippen LogP contribution in [0, 0.1) is 5.92 Å². The lowest BCUT2D eigenvalue weighted by Crippen LogP contribution is -2.35. The Morgan fingerprint density at radius 3 is 2.82 bits per heavy atom. The number of aliphatic hydroxyl groups excluding tert-OH is 1. The Labute approximate surface area is 195 Å². The predicted molar refractivity (Wildman–Crippen MR) is 124 cm³/mol. The number of rotatable bonds is 6. The molecule has 4 N–H and O–H groups in total. The molecule has 9 nitrogen and oxygen atoms in total. The number of halogens is 1. The fraction of sp³-hybridized carbons (Fsp3) is 0.391. The maximum Gasteiger partial charge on any atom is 0.259 e. The number of anilines is 1. The average Bonchev–Trinajstić information content (AvgIpc) is 3.50. The first-order valence-corrected chi connectivity index (χ1v) is 11.4. The number of fused-ring (bicyclic) bond motifs is 2. The van der Waals surface area contributed by atoms with E-state index in [9.17, 15) is 14.7 Å². The number of aliphatic hydroxyl groups is 1. The van der Waals surface area contributed by atoms with Gasteiger partial charge in [-0.05, 0) is 56.4 Å². The molecule has 0 saturated heterocycles. The molecule has 33 heavy (non-hydrogen) atoms. The molecule has 5 rings (SSSR count). The summed E-state index contributed by atoms with van der Waals surface area (Å²) in [5.74, 6) is 0.126. The van der Waals surface area contributed by atoms with Gasteiger partial charge >= 0.3 is 0 Å². The third-order valence-corrected chi connectivity index (χ3v) is 6.77. The number of hydrogen-bond donors (Lipinski definition) is 3. The maximum atomic E-state index is 13.0. The van der Waals surface area contributed by atoms with Gasteiger partial charge in [0.25, 0.3) is 11.8 Å². The molecular formula is C23H25ClN6O3. The van der Waals surface area contributed by atoms with E-state index in [1.54, 1.807) is 25.3 Å². The Morgan fingerprint density at radius 2 is 2.12 bits per heavy atom. The number of nitrogens with two attached hydrogens (primary N) is 1. The van der Waals surface area contributed by atoms with Gasteiger partial charge < -0.3 is 21.1 Å². The van der Waals surface area contributed by atoms with Crippen LogP contribution in [-0.2, 0) is 6.54 Å². The maximum absolute atomic E-state index is 13.0. The SMILES string of the molecule is C[C@H](CO)NC(=O)c1c(N)nn2ccc(-c3cc(Cl)c4c(c3)CN([C@@H](C)C3CC3)C4=O)nc12. The predicted octanol–water partition coefficient (Wildman–Crippen LogP) is 2.50. The molecule has 1 saturated carbocycles. The summed E-state index contributed by atoms with van der Waals surface area (Å²) in [4.78, 5) is 32.2. The van der Waals surface area contributed by atoms with E-state index >= 15 is 0 Å². The molecule has 0 unspecified atom stereocenters. The molecule has 1 aliphatic heterocycles. The molecule has 2 aromatic heterocycles. The van der Waals surface area contributed by atoms with Crippen molar-refractivity contribution in [3.8, 4) is 11.3 Å². The molecule has 1 fully saturated rings. The lowest BCUT2D eigenvalue weighted by molar-refractivity contribution is 0.0697. The standard InChI is InChI=1S/C23H25ClN6O3/c1-11(10-31)26-22(32)19-20(25)28-30-6-5-17(27-21(19)30)14-7-15-9-29(12(2)13-3-4-13)23(33)18(15)16(24)8-14/h5-8,11-13,31H,3-4,9-10H2,1-2H3,(H2,25,28)(H,26,32)/t11-,12+/m1/s1. The summed E-state index contributed by atoms with van der Waals surface area (Å²) in [7, 11) is 0. The van der Waals surface area contributed by atoms with E-state index < -0.39 is 11.9 Å². The monoisotopic (exact) mass is 468 g/mol. The van der Waals surface area contributed by atoms with Crippen LogP contribution < -0.4 is 11.1 Å². The number of nitrogens with one attached hydrogen (secondary N) is 1. The van der Waals surface area contributed by atoms with E-state index in [1.807, 2.05) is 11.0 Å². The van der Waals surface area contributed by atoms with E-state index in [0.717, 1.165) is 24.0 Å². The van der Waals surface area contributed by atoms with Crippen LogP contribution in [0.25, 0.3) is 16.9 Å². The first-order valence-electron chi connectivity index (χ1n) is 11.0. The van der Waals surface area contributed by atoms with Gasteiger partial charge in [-0.3, -0.25) is 9.59 Å². The van der Waals surface area contributed by atoms with Crippen molar-refractivity contribution in [3.63, 3.8) is 0 Å². The van der Waals surface area contributed by atoms with Crippen molar-refractivity contribution in [1.82, 2.24) is 24.8 Å².